The molecule has 0 radical (unpaired) electrons. The van der Waals surface area contributed by atoms with Crippen LogP contribution in [-0.2, 0) is 17.4 Å². The highest BCUT2D eigenvalue weighted by molar-refractivity contribution is 6.30. The normalized spacial score (nSPS) is 11.2. The van der Waals surface area contributed by atoms with Gasteiger partial charge in [-0.3, -0.25) is 4.79 Å². The minimum atomic E-state index is -4.43. The van der Waals surface area contributed by atoms with Crippen LogP contribution in [-0.4, -0.2) is 19.0 Å². The van der Waals surface area contributed by atoms with Gasteiger partial charge < -0.3 is 10.6 Å². The molecule has 0 bridgehead atoms. The zero-order valence-electron chi connectivity index (χ0n) is 13.4. The van der Waals surface area contributed by atoms with Crippen molar-refractivity contribution in [1.29, 1.82) is 0 Å². The molecule has 7 heteroatoms. The fraction of sp³-hybridized carbons (Fsp3) is 0.278. The number of nitrogens with one attached hydrogen (secondary N) is 2. The van der Waals surface area contributed by atoms with Gasteiger partial charge in [-0.15, -0.1) is 0 Å². The van der Waals surface area contributed by atoms with Gasteiger partial charge >= 0.3 is 6.18 Å². The lowest BCUT2D eigenvalue weighted by atomic mass is 10.1. The molecule has 0 saturated heterocycles. The minimum absolute atomic E-state index is 0.0241. The summed E-state index contributed by atoms with van der Waals surface area (Å²) in [7, 11) is 0. The van der Waals surface area contributed by atoms with Gasteiger partial charge in [0.05, 0.1) is 5.56 Å². The second kappa shape index (κ2) is 8.76. The first-order valence-corrected chi connectivity index (χ1v) is 8.15. The van der Waals surface area contributed by atoms with Crippen LogP contribution < -0.4 is 10.6 Å². The second-order valence-corrected chi connectivity index (χ2v) is 5.88. The highest BCUT2D eigenvalue weighted by atomic mass is 35.5. The van der Waals surface area contributed by atoms with Crippen molar-refractivity contribution < 1.29 is 18.0 Å². The number of carbonyl (C=O) groups is 1. The minimum Gasteiger partial charge on any atom is -0.384 e. The predicted octanol–water partition coefficient (Wildman–Crippen LogP) is 4.52. The van der Waals surface area contributed by atoms with Gasteiger partial charge in [-0.1, -0.05) is 35.9 Å². The van der Waals surface area contributed by atoms with Gasteiger partial charge in [0.2, 0.25) is 5.91 Å². The van der Waals surface area contributed by atoms with Crippen LogP contribution in [0.25, 0.3) is 0 Å². The van der Waals surface area contributed by atoms with Crippen molar-refractivity contribution >= 4 is 23.2 Å². The standard InChI is InChI=1S/C18H18ClF3N2O/c19-14-7-5-13(6-8-14)9-11-24-17(25)10-12-23-16-4-2-1-3-15(16)18(20,21)22/h1-8,23H,9-12H2,(H,24,25). The van der Waals surface area contributed by atoms with Gasteiger partial charge in [0.15, 0.2) is 0 Å². The summed E-state index contributed by atoms with van der Waals surface area (Å²) in [5, 5.41) is 6.06. The average molecular weight is 371 g/mol. The molecule has 0 saturated carbocycles. The van der Waals surface area contributed by atoms with Crippen molar-refractivity contribution in [3.8, 4) is 0 Å². The van der Waals surface area contributed by atoms with E-state index in [-0.39, 0.29) is 24.6 Å². The van der Waals surface area contributed by atoms with Gasteiger partial charge in [-0.2, -0.15) is 13.2 Å². The summed E-state index contributed by atoms with van der Waals surface area (Å²) in [4.78, 5) is 11.8. The first-order chi connectivity index (χ1) is 11.9. The molecule has 0 aromatic heterocycles. The quantitative estimate of drug-likeness (QED) is 0.752. The monoisotopic (exact) mass is 370 g/mol. The lowest BCUT2D eigenvalue weighted by Gasteiger charge is -2.14. The second-order valence-electron chi connectivity index (χ2n) is 5.45. The van der Waals surface area contributed by atoms with Crippen LogP contribution in [0.15, 0.2) is 48.5 Å². The van der Waals surface area contributed by atoms with E-state index in [4.69, 9.17) is 11.6 Å². The molecule has 2 rings (SSSR count). The van der Waals surface area contributed by atoms with E-state index in [1.807, 2.05) is 12.1 Å². The maximum atomic E-state index is 12.9. The van der Waals surface area contributed by atoms with E-state index in [0.717, 1.165) is 11.6 Å². The molecule has 0 spiro atoms. The maximum Gasteiger partial charge on any atom is 0.418 e. The SMILES string of the molecule is O=C(CCNc1ccccc1C(F)(F)F)NCCc1ccc(Cl)cc1. The van der Waals surface area contributed by atoms with Gasteiger partial charge in [-0.25, -0.2) is 0 Å². The highest BCUT2D eigenvalue weighted by Crippen LogP contribution is 2.34. The number of hydrogen-bond donors (Lipinski definition) is 2. The van der Waals surface area contributed by atoms with Gasteiger partial charge in [0, 0.05) is 30.2 Å². The van der Waals surface area contributed by atoms with E-state index in [2.05, 4.69) is 10.6 Å². The van der Waals surface area contributed by atoms with Crippen LogP contribution in [0.3, 0.4) is 0 Å². The Bertz CT molecular complexity index is 702. The number of carbonyl (C=O) groups excluding carboxylic acids is 1. The van der Waals surface area contributed by atoms with Crippen molar-refractivity contribution in [2.24, 2.45) is 0 Å². The molecule has 0 heterocycles. The fourth-order valence-corrected chi connectivity index (χ4v) is 2.41. The first kappa shape index (κ1) is 19.1. The highest BCUT2D eigenvalue weighted by Gasteiger charge is 2.32. The number of alkyl halides is 3. The summed E-state index contributed by atoms with van der Waals surface area (Å²) in [6.45, 7) is 0.583. The fourth-order valence-electron chi connectivity index (χ4n) is 2.28. The van der Waals surface area contributed by atoms with Crippen molar-refractivity contribution in [2.75, 3.05) is 18.4 Å². The van der Waals surface area contributed by atoms with Crippen LogP contribution in [0, 0.1) is 0 Å². The van der Waals surface area contributed by atoms with Crippen molar-refractivity contribution in [3.63, 3.8) is 0 Å². The molecule has 1 amide bonds. The van der Waals surface area contributed by atoms with E-state index >= 15 is 0 Å². The van der Waals surface area contributed by atoms with Crippen LogP contribution >= 0.6 is 11.6 Å². The number of halogens is 4. The van der Waals surface area contributed by atoms with Gasteiger partial charge in [0.25, 0.3) is 0 Å². The lowest BCUT2D eigenvalue weighted by molar-refractivity contribution is -0.137. The molecule has 3 nitrogen and oxygen atoms in total. The van der Waals surface area contributed by atoms with Crippen molar-refractivity contribution in [1.82, 2.24) is 5.32 Å². The third-order valence-corrected chi connectivity index (χ3v) is 3.80. The number of para-hydroxylation sites is 1. The summed E-state index contributed by atoms with van der Waals surface area (Å²) in [6, 6.07) is 12.5. The van der Waals surface area contributed by atoms with Crippen molar-refractivity contribution in [2.45, 2.75) is 19.0 Å². The summed E-state index contributed by atoms with van der Waals surface area (Å²) in [6.07, 6.45) is -3.68. The van der Waals surface area contributed by atoms with Gasteiger partial charge in [-0.05, 0) is 36.2 Å². The van der Waals surface area contributed by atoms with Gasteiger partial charge in [0.1, 0.15) is 0 Å². The molecule has 0 atom stereocenters. The van der Waals surface area contributed by atoms with Crippen LogP contribution in [0.4, 0.5) is 18.9 Å². The maximum absolute atomic E-state index is 12.9. The molecule has 2 aromatic carbocycles. The Morgan fingerprint density at radius 3 is 2.36 bits per heavy atom. The van der Waals surface area contributed by atoms with Crippen LogP contribution in [0.1, 0.15) is 17.5 Å². The molecule has 25 heavy (non-hydrogen) atoms. The zero-order chi connectivity index (χ0) is 18.3. The Labute approximate surface area is 149 Å². The number of hydrogen-bond acceptors (Lipinski definition) is 2. The molecule has 134 valence electrons. The summed E-state index contributed by atoms with van der Waals surface area (Å²) >= 11 is 5.80. The Balaban J connectivity index is 1.73. The summed E-state index contributed by atoms with van der Waals surface area (Å²) in [5.74, 6) is -0.217. The molecule has 2 aromatic rings. The van der Waals surface area contributed by atoms with E-state index in [1.54, 1.807) is 12.1 Å². The molecule has 2 N–H and O–H groups in total. The zero-order valence-corrected chi connectivity index (χ0v) is 14.1. The largest absolute Gasteiger partial charge is 0.418 e. The van der Waals surface area contributed by atoms with E-state index in [9.17, 15) is 18.0 Å². The smallest absolute Gasteiger partial charge is 0.384 e. The Hall–Kier alpha value is -2.21. The Morgan fingerprint density at radius 1 is 1.00 bits per heavy atom. The number of anilines is 1. The van der Waals surface area contributed by atoms with E-state index in [0.29, 0.717) is 18.0 Å². The van der Waals surface area contributed by atoms with E-state index in [1.165, 1.54) is 18.2 Å². The molecular weight excluding hydrogens is 353 g/mol. The molecule has 0 fully saturated rings. The third-order valence-electron chi connectivity index (χ3n) is 3.55. The lowest BCUT2D eigenvalue weighted by Crippen LogP contribution is -2.27. The summed E-state index contributed by atoms with van der Waals surface area (Å²) in [5.41, 5.74) is 0.282. The Morgan fingerprint density at radius 2 is 1.68 bits per heavy atom. The predicted molar refractivity (Wildman–Crippen MR) is 92.7 cm³/mol. The van der Waals surface area contributed by atoms with E-state index < -0.39 is 11.7 Å². The van der Waals surface area contributed by atoms with Crippen LogP contribution in [0.2, 0.25) is 5.02 Å². The topological polar surface area (TPSA) is 41.1 Å². The van der Waals surface area contributed by atoms with Crippen molar-refractivity contribution in [3.05, 3.63) is 64.7 Å². The Kier molecular flexibility index (Phi) is 6.70. The molecule has 0 aliphatic carbocycles. The number of rotatable bonds is 7. The molecule has 0 aliphatic heterocycles. The number of amides is 1. The van der Waals surface area contributed by atoms with Crippen LogP contribution in [0.5, 0.6) is 0 Å². The molecular formula is C18H18ClF3N2O. The molecule has 0 aliphatic rings. The molecule has 0 unspecified atom stereocenters. The number of benzene rings is 2. The summed E-state index contributed by atoms with van der Waals surface area (Å²) < 4.78 is 38.6. The average Bonchev–Trinajstić information content (AvgIpc) is 2.56. The first-order valence-electron chi connectivity index (χ1n) is 7.77. The third kappa shape index (κ3) is 6.31.